The fraction of sp³-hybridized carbons (Fsp3) is 0.480. The summed E-state index contributed by atoms with van der Waals surface area (Å²) in [6, 6.07) is 9.08. The molecular weight excluding hydrogens is 475 g/mol. The number of carbonyl (C=O) groups is 2. The van der Waals surface area contributed by atoms with E-state index < -0.39 is 12.4 Å². The van der Waals surface area contributed by atoms with Crippen LogP contribution >= 0.6 is 0 Å². The third kappa shape index (κ3) is 6.73. The van der Waals surface area contributed by atoms with Crippen LogP contribution < -0.4 is 15.4 Å². The van der Waals surface area contributed by atoms with Crippen molar-refractivity contribution in [3.8, 4) is 5.75 Å². The van der Waals surface area contributed by atoms with Crippen molar-refractivity contribution in [1.29, 1.82) is 0 Å². The van der Waals surface area contributed by atoms with E-state index in [9.17, 15) is 22.8 Å². The molecular formula is C25H30F3N5O3. The highest BCUT2D eigenvalue weighted by atomic mass is 19.4. The highest BCUT2D eigenvalue weighted by Crippen LogP contribution is 2.30. The molecule has 4 rings (SSSR count). The van der Waals surface area contributed by atoms with Gasteiger partial charge < -0.3 is 15.4 Å². The molecule has 194 valence electrons. The number of pyridine rings is 1. The topological polar surface area (TPSA) is 86.8 Å². The zero-order chi connectivity index (χ0) is 25.7. The van der Waals surface area contributed by atoms with Gasteiger partial charge in [0, 0.05) is 57.1 Å². The lowest BCUT2D eigenvalue weighted by Crippen LogP contribution is -2.49. The van der Waals surface area contributed by atoms with Gasteiger partial charge in [0.05, 0.1) is 0 Å². The number of fused-ring (bicyclic) bond motifs is 1. The molecule has 8 nitrogen and oxygen atoms in total. The molecule has 2 N–H and O–H groups in total. The Hall–Kier alpha value is -3.18. The minimum atomic E-state index is -4.76. The summed E-state index contributed by atoms with van der Waals surface area (Å²) in [5.74, 6) is -0.441. The quantitative estimate of drug-likeness (QED) is 0.573. The Balaban J connectivity index is 1.34. The Morgan fingerprint density at radius 3 is 2.81 bits per heavy atom. The summed E-state index contributed by atoms with van der Waals surface area (Å²) in [4.78, 5) is 33.6. The minimum Gasteiger partial charge on any atom is -0.406 e. The second-order valence-electron chi connectivity index (χ2n) is 9.21. The van der Waals surface area contributed by atoms with Crippen LogP contribution in [0.25, 0.3) is 0 Å². The predicted molar refractivity (Wildman–Crippen MR) is 126 cm³/mol. The average Bonchev–Trinajstić information content (AvgIpc) is 3.20. The number of nitrogens with one attached hydrogen (secondary N) is 2. The first-order valence-corrected chi connectivity index (χ1v) is 11.9. The standard InChI is InChI=1S/C25H30F3N5O3/c1-32-19(7-8-22(34)30-14-18-5-3-10-29-13-18)15-31-24(35)23-21(32)9-11-33(23)16-17-4-2-6-20(12-17)36-25(26,27)28/h2-6,10,12-13,19,21,23H,7-9,11,14-16H2,1H3,(H,30,34)(H,31,35)/t19-,21+,23-/m0/s1. The van der Waals surface area contributed by atoms with Crippen molar-refractivity contribution < 1.29 is 27.5 Å². The average molecular weight is 506 g/mol. The molecule has 3 atom stereocenters. The molecule has 0 spiro atoms. The van der Waals surface area contributed by atoms with Gasteiger partial charge in [0.15, 0.2) is 0 Å². The number of amides is 2. The highest BCUT2D eigenvalue weighted by molar-refractivity contribution is 5.83. The van der Waals surface area contributed by atoms with E-state index in [4.69, 9.17) is 0 Å². The van der Waals surface area contributed by atoms with Crippen LogP contribution in [-0.4, -0.2) is 71.2 Å². The molecule has 2 saturated heterocycles. The zero-order valence-electron chi connectivity index (χ0n) is 20.0. The summed E-state index contributed by atoms with van der Waals surface area (Å²) in [5, 5.41) is 5.90. The van der Waals surface area contributed by atoms with Gasteiger partial charge in [0.2, 0.25) is 11.8 Å². The van der Waals surface area contributed by atoms with Crippen LogP contribution in [0.1, 0.15) is 30.4 Å². The van der Waals surface area contributed by atoms with Crippen molar-refractivity contribution in [2.24, 2.45) is 0 Å². The van der Waals surface area contributed by atoms with Gasteiger partial charge in [-0.15, -0.1) is 13.2 Å². The Kier molecular flexibility index (Phi) is 8.10. The summed E-state index contributed by atoms with van der Waals surface area (Å²) in [7, 11) is 1.97. The van der Waals surface area contributed by atoms with Gasteiger partial charge in [0.1, 0.15) is 11.8 Å². The fourth-order valence-electron chi connectivity index (χ4n) is 4.99. The predicted octanol–water partition coefficient (Wildman–Crippen LogP) is 2.45. The number of nitrogens with zero attached hydrogens (tertiary/aromatic N) is 3. The van der Waals surface area contributed by atoms with E-state index in [1.165, 1.54) is 18.2 Å². The number of ether oxygens (including phenoxy) is 1. The molecule has 11 heteroatoms. The lowest BCUT2D eigenvalue weighted by molar-refractivity contribution is -0.274. The molecule has 2 aliphatic rings. The third-order valence-electron chi connectivity index (χ3n) is 6.78. The molecule has 2 fully saturated rings. The Morgan fingerprint density at radius 1 is 1.25 bits per heavy atom. The molecule has 36 heavy (non-hydrogen) atoms. The van der Waals surface area contributed by atoms with Crippen LogP contribution in [0.3, 0.4) is 0 Å². The number of rotatable bonds is 8. The van der Waals surface area contributed by atoms with Gasteiger partial charge in [0.25, 0.3) is 0 Å². The lowest BCUT2D eigenvalue weighted by atomic mass is 10.0. The van der Waals surface area contributed by atoms with Gasteiger partial charge in [-0.25, -0.2) is 0 Å². The van der Waals surface area contributed by atoms with E-state index >= 15 is 0 Å². The molecule has 1 aromatic heterocycles. The van der Waals surface area contributed by atoms with Gasteiger partial charge in [-0.1, -0.05) is 18.2 Å². The van der Waals surface area contributed by atoms with Crippen LogP contribution in [0.4, 0.5) is 13.2 Å². The minimum absolute atomic E-state index is 0.00319. The lowest BCUT2D eigenvalue weighted by Gasteiger charge is -2.33. The molecule has 2 aromatic rings. The van der Waals surface area contributed by atoms with Crippen molar-refractivity contribution >= 4 is 11.8 Å². The molecule has 0 aliphatic carbocycles. The molecule has 0 saturated carbocycles. The Morgan fingerprint density at radius 2 is 2.06 bits per heavy atom. The first-order valence-electron chi connectivity index (χ1n) is 11.9. The van der Waals surface area contributed by atoms with Crippen LogP contribution in [0.2, 0.25) is 0 Å². The maximum absolute atomic E-state index is 13.0. The van der Waals surface area contributed by atoms with E-state index in [1.54, 1.807) is 18.5 Å². The number of carbonyl (C=O) groups excluding carboxylic acids is 2. The number of likely N-dealkylation sites (N-methyl/N-ethyl adjacent to an activating group) is 1. The van der Waals surface area contributed by atoms with E-state index in [0.29, 0.717) is 44.6 Å². The first kappa shape index (κ1) is 25.9. The number of benzene rings is 1. The van der Waals surface area contributed by atoms with Crippen molar-refractivity contribution in [2.45, 2.75) is 56.8 Å². The normalized spacial score (nSPS) is 23.0. The molecule has 2 aliphatic heterocycles. The van der Waals surface area contributed by atoms with E-state index in [0.717, 1.165) is 12.0 Å². The number of hydrogen-bond donors (Lipinski definition) is 2. The number of halogens is 3. The summed E-state index contributed by atoms with van der Waals surface area (Å²) >= 11 is 0. The molecule has 1 aromatic carbocycles. The number of alkyl halides is 3. The van der Waals surface area contributed by atoms with Crippen LogP contribution in [0, 0.1) is 0 Å². The SMILES string of the molecule is CN1[C@@H](CCC(=O)NCc2cccnc2)CNC(=O)[C@@H]2[C@H]1CCN2Cc1cccc(OC(F)(F)F)c1. The summed E-state index contributed by atoms with van der Waals surface area (Å²) in [6.45, 7) is 1.81. The molecule has 3 heterocycles. The zero-order valence-corrected chi connectivity index (χ0v) is 20.0. The second-order valence-corrected chi connectivity index (χ2v) is 9.21. The van der Waals surface area contributed by atoms with Crippen molar-refractivity contribution in [2.75, 3.05) is 20.1 Å². The number of likely N-dealkylation sites (tertiary alicyclic amines) is 1. The number of hydrogen-bond acceptors (Lipinski definition) is 6. The first-order chi connectivity index (χ1) is 17.2. The maximum atomic E-state index is 13.0. The van der Waals surface area contributed by atoms with Crippen LogP contribution in [-0.2, 0) is 22.7 Å². The largest absolute Gasteiger partial charge is 0.573 e. The van der Waals surface area contributed by atoms with Gasteiger partial charge in [-0.05, 0) is 49.2 Å². The van der Waals surface area contributed by atoms with Crippen LogP contribution in [0.15, 0.2) is 48.8 Å². The number of aromatic nitrogens is 1. The van der Waals surface area contributed by atoms with Crippen molar-refractivity contribution in [3.63, 3.8) is 0 Å². The van der Waals surface area contributed by atoms with Crippen LogP contribution in [0.5, 0.6) is 5.75 Å². The molecule has 2 amide bonds. The van der Waals surface area contributed by atoms with Gasteiger partial charge >= 0.3 is 6.36 Å². The van der Waals surface area contributed by atoms with Crippen molar-refractivity contribution in [1.82, 2.24) is 25.4 Å². The van der Waals surface area contributed by atoms with Crippen molar-refractivity contribution in [3.05, 3.63) is 59.9 Å². The second kappa shape index (κ2) is 11.3. The van der Waals surface area contributed by atoms with E-state index in [-0.39, 0.29) is 29.6 Å². The van der Waals surface area contributed by atoms with E-state index in [2.05, 4.69) is 25.3 Å². The fourth-order valence-corrected chi connectivity index (χ4v) is 4.99. The molecule has 0 unspecified atom stereocenters. The summed E-state index contributed by atoms with van der Waals surface area (Å²) < 4.78 is 41.8. The third-order valence-corrected chi connectivity index (χ3v) is 6.78. The smallest absolute Gasteiger partial charge is 0.406 e. The molecule has 0 bridgehead atoms. The molecule has 0 radical (unpaired) electrons. The van der Waals surface area contributed by atoms with Gasteiger partial charge in [-0.3, -0.25) is 24.4 Å². The van der Waals surface area contributed by atoms with E-state index in [1.807, 2.05) is 24.1 Å². The Labute approximate surface area is 207 Å². The summed E-state index contributed by atoms with van der Waals surface area (Å²) in [5.41, 5.74) is 1.56. The monoisotopic (exact) mass is 505 g/mol. The highest BCUT2D eigenvalue weighted by Gasteiger charge is 2.45. The summed E-state index contributed by atoms with van der Waals surface area (Å²) in [6.07, 6.45) is 0.301. The maximum Gasteiger partial charge on any atom is 0.573 e. The van der Waals surface area contributed by atoms with Gasteiger partial charge in [-0.2, -0.15) is 0 Å². The Bertz CT molecular complexity index is 1050.